The smallest absolute Gasteiger partial charge is 0.261 e. The van der Waals surface area contributed by atoms with Gasteiger partial charge in [-0.15, -0.1) is 0 Å². The number of rotatable bonds is 7. The summed E-state index contributed by atoms with van der Waals surface area (Å²) in [5.74, 6) is 1.57. The number of amides is 1. The van der Waals surface area contributed by atoms with E-state index in [4.69, 9.17) is 9.47 Å². The van der Waals surface area contributed by atoms with Crippen molar-refractivity contribution in [1.29, 1.82) is 0 Å². The molecule has 2 atom stereocenters. The van der Waals surface area contributed by atoms with E-state index in [0.29, 0.717) is 11.8 Å². The fourth-order valence-electron chi connectivity index (χ4n) is 3.68. The zero-order valence-electron chi connectivity index (χ0n) is 18.1. The molecule has 0 spiro atoms. The van der Waals surface area contributed by atoms with Gasteiger partial charge in [0.15, 0.2) is 11.8 Å². The Morgan fingerprint density at radius 1 is 1.23 bits per heavy atom. The Morgan fingerprint density at radius 3 is 2.57 bits per heavy atom. The fraction of sp³-hybridized carbons (Fsp3) is 0.435. The monoisotopic (exact) mass is 408 g/mol. The highest BCUT2D eigenvalue weighted by atomic mass is 16.5. The maximum absolute atomic E-state index is 12.7. The number of carbonyl (C=O) groups excluding carboxylic acids is 1. The van der Waals surface area contributed by atoms with Crippen LogP contribution in [0.5, 0.6) is 11.6 Å². The number of hydrogen-bond donors (Lipinski definition) is 1. The van der Waals surface area contributed by atoms with Gasteiger partial charge in [0.2, 0.25) is 5.88 Å². The van der Waals surface area contributed by atoms with E-state index in [1.54, 1.807) is 18.7 Å². The maximum atomic E-state index is 12.7. The molecule has 3 aromatic rings. The lowest BCUT2D eigenvalue weighted by molar-refractivity contribution is -0.128. The first kappa shape index (κ1) is 20.2. The Morgan fingerprint density at radius 2 is 1.93 bits per heavy atom. The standard InChI is InChI=1S/C23H28N4O3/c1-13-12-19(25-22-20(13)21(17-6-7-17)26-27(22)4)30-15(3)23(28)24-14(2)16-8-10-18(29-5)11-9-16/h8-12,14-15,17H,6-7H2,1-5H3,(H,24,28)/t14-,15+/m0/s1. The van der Waals surface area contributed by atoms with Crippen LogP contribution in [0.3, 0.4) is 0 Å². The van der Waals surface area contributed by atoms with Crippen molar-refractivity contribution in [2.45, 2.75) is 51.7 Å². The predicted octanol–water partition coefficient (Wildman–Crippen LogP) is 3.81. The third kappa shape index (κ3) is 3.97. The van der Waals surface area contributed by atoms with Gasteiger partial charge >= 0.3 is 0 Å². The van der Waals surface area contributed by atoms with Crippen molar-refractivity contribution in [3.8, 4) is 11.6 Å². The number of aryl methyl sites for hydroxylation is 2. The third-order valence-corrected chi connectivity index (χ3v) is 5.60. The summed E-state index contributed by atoms with van der Waals surface area (Å²) >= 11 is 0. The number of ether oxygens (including phenoxy) is 2. The predicted molar refractivity (Wildman–Crippen MR) is 115 cm³/mol. The molecule has 1 aliphatic rings. The average molecular weight is 409 g/mol. The van der Waals surface area contributed by atoms with E-state index < -0.39 is 6.10 Å². The first-order valence-electron chi connectivity index (χ1n) is 10.3. The molecule has 1 fully saturated rings. The molecule has 7 nitrogen and oxygen atoms in total. The van der Waals surface area contributed by atoms with E-state index in [9.17, 15) is 4.79 Å². The summed E-state index contributed by atoms with van der Waals surface area (Å²) in [5, 5.41) is 8.77. The van der Waals surface area contributed by atoms with Crippen LogP contribution in [0.15, 0.2) is 30.3 Å². The number of aromatic nitrogens is 3. The van der Waals surface area contributed by atoms with E-state index >= 15 is 0 Å². The van der Waals surface area contributed by atoms with Gasteiger partial charge < -0.3 is 14.8 Å². The minimum atomic E-state index is -0.675. The summed E-state index contributed by atoms with van der Waals surface area (Å²) in [6.07, 6.45) is 1.70. The first-order valence-corrected chi connectivity index (χ1v) is 10.3. The van der Waals surface area contributed by atoms with E-state index in [2.05, 4.69) is 15.4 Å². The van der Waals surface area contributed by atoms with E-state index in [1.807, 2.05) is 51.2 Å². The largest absolute Gasteiger partial charge is 0.497 e. The zero-order valence-corrected chi connectivity index (χ0v) is 18.1. The quantitative estimate of drug-likeness (QED) is 0.643. The molecule has 0 aliphatic heterocycles. The number of fused-ring (bicyclic) bond motifs is 1. The number of benzene rings is 1. The Bertz CT molecular complexity index is 1070. The number of nitrogens with one attached hydrogen (secondary N) is 1. The SMILES string of the molecule is COc1ccc([C@H](C)NC(=O)[C@@H](C)Oc2cc(C)c3c(C4CC4)nn(C)c3n2)cc1. The number of pyridine rings is 1. The second-order valence-corrected chi connectivity index (χ2v) is 8.02. The Labute approximate surface area is 176 Å². The van der Waals surface area contributed by atoms with Gasteiger partial charge in [-0.05, 0) is 56.9 Å². The van der Waals surface area contributed by atoms with Crippen LogP contribution < -0.4 is 14.8 Å². The molecule has 30 heavy (non-hydrogen) atoms. The van der Waals surface area contributed by atoms with Crippen molar-refractivity contribution in [3.05, 3.63) is 47.2 Å². The molecule has 0 bridgehead atoms. The van der Waals surface area contributed by atoms with E-state index in [0.717, 1.165) is 33.6 Å². The molecule has 4 rings (SSSR count). The minimum absolute atomic E-state index is 0.148. The molecule has 2 aromatic heterocycles. The molecule has 1 saturated carbocycles. The lowest BCUT2D eigenvalue weighted by Crippen LogP contribution is -2.37. The Kier molecular flexibility index (Phi) is 5.37. The van der Waals surface area contributed by atoms with Crippen molar-refractivity contribution >= 4 is 16.9 Å². The molecule has 1 aromatic carbocycles. The topological polar surface area (TPSA) is 78.3 Å². The minimum Gasteiger partial charge on any atom is -0.497 e. The highest BCUT2D eigenvalue weighted by Gasteiger charge is 2.30. The lowest BCUT2D eigenvalue weighted by atomic mass is 10.1. The third-order valence-electron chi connectivity index (χ3n) is 5.60. The zero-order chi connectivity index (χ0) is 21.4. The molecular weight excluding hydrogens is 380 g/mol. The first-order chi connectivity index (χ1) is 14.4. The summed E-state index contributed by atoms with van der Waals surface area (Å²) in [7, 11) is 3.53. The second kappa shape index (κ2) is 7.97. The molecule has 2 heterocycles. The molecule has 0 saturated heterocycles. The summed E-state index contributed by atoms with van der Waals surface area (Å²) in [6.45, 7) is 5.72. The average Bonchev–Trinajstić information content (AvgIpc) is 3.52. The van der Waals surface area contributed by atoms with Crippen LogP contribution in [0.1, 0.15) is 55.5 Å². The molecule has 1 N–H and O–H groups in total. The van der Waals surface area contributed by atoms with Crippen LogP contribution in [0.25, 0.3) is 11.0 Å². The van der Waals surface area contributed by atoms with Gasteiger partial charge in [-0.3, -0.25) is 9.48 Å². The molecule has 7 heteroatoms. The van der Waals surface area contributed by atoms with Gasteiger partial charge in [-0.1, -0.05) is 12.1 Å². The van der Waals surface area contributed by atoms with Crippen molar-refractivity contribution in [2.75, 3.05) is 7.11 Å². The van der Waals surface area contributed by atoms with Gasteiger partial charge in [0.25, 0.3) is 5.91 Å². The van der Waals surface area contributed by atoms with Crippen LogP contribution in [-0.2, 0) is 11.8 Å². The van der Waals surface area contributed by atoms with E-state index in [-0.39, 0.29) is 11.9 Å². The van der Waals surface area contributed by atoms with Gasteiger partial charge in [0.1, 0.15) is 5.75 Å². The fourth-order valence-corrected chi connectivity index (χ4v) is 3.68. The molecule has 1 aliphatic carbocycles. The highest BCUT2D eigenvalue weighted by Crippen LogP contribution is 2.43. The van der Waals surface area contributed by atoms with Crippen LogP contribution in [-0.4, -0.2) is 33.9 Å². The highest BCUT2D eigenvalue weighted by molar-refractivity contribution is 5.84. The molecule has 0 unspecified atom stereocenters. The van der Waals surface area contributed by atoms with Crippen molar-refractivity contribution in [2.24, 2.45) is 7.05 Å². The van der Waals surface area contributed by atoms with Crippen molar-refractivity contribution < 1.29 is 14.3 Å². The number of hydrogen-bond acceptors (Lipinski definition) is 5. The Hall–Kier alpha value is -3.09. The normalized spacial score (nSPS) is 15.6. The number of nitrogens with zero attached hydrogens (tertiary/aromatic N) is 3. The Balaban J connectivity index is 1.46. The summed E-state index contributed by atoms with van der Waals surface area (Å²) in [5.41, 5.74) is 3.99. The molecule has 1 amide bonds. The lowest BCUT2D eigenvalue weighted by Gasteiger charge is -2.19. The van der Waals surface area contributed by atoms with Gasteiger partial charge in [-0.2, -0.15) is 10.1 Å². The van der Waals surface area contributed by atoms with Crippen LogP contribution >= 0.6 is 0 Å². The maximum Gasteiger partial charge on any atom is 0.261 e. The number of methoxy groups -OCH3 is 1. The van der Waals surface area contributed by atoms with Crippen LogP contribution in [0.4, 0.5) is 0 Å². The van der Waals surface area contributed by atoms with E-state index in [1.165, 1.54) is 12.8 Å². The molecule has 158 valence electrons. The van der Waals surface area contributed by atoms with Crippen molar-refractivity contribution in [3.63, 3.8) is 0 Å². The summed E-state index contributed by atoms with van der Waals surface area (Å²) < 4.78 is 12.9. The molecule has 0 radical (unpaired) electrons. The van der Waals surface area contributed by atoms with Crippen LogP contribution in [0, 0.1) is 6.92 Å². The number of carbonyl (C=O) groups is 1. The van der Waals surface area contributed by atoms with Gasteiger partial charge in [0, 0.05) is 24.4 Å². The van der Waals surface area contributed by atoms with Gasteiger partial charge in [0.05, 0.1) is 18.8 Å². The van der Waals surface area contributed by atoms with Gasteiger partial charge in [-0.25, -0.2) is 0 Å². The molecular formula is C23H28N4O3. The van der Waals surface area contributed by atoms with Crippen molar-refractivity contribution in [1.82, 2.24) is 20.1 Å². The second-order valence-electron chi connectivity index (χ2n) is 8.02. The van der Waals surface area contributed by atoms with Crippen LogP contribution in [0.2, 0.25) is 0 Å². The summed E-state index contributed by atoms with van der Waals surface area (Å²) in [6, 6.07) is 9.38. The summed E-state index contributed by atoms with van der Waals surface area (Å²) in [4.78, 5) is 17.3.